The molecule has 7 nitrogen and oxygen atoms in total. The number of fused-ring (bicyclic) bond motifs is 1. The number of morpholine rings is 1. The topological polar surface area (TPSA) is 67.6 Å². The maximum absolute atomic E-state index is 5.52. The highest BCUT2D eigenvalue weighted by atomic mass is 16.5. The van der Waals surface area contributed by atoms with Crippen molar-refractivity contribution < 1.29 is 4.74 Å². The maximum atomic E-state index is 5.52. The van der Waals surface area contributed by atoms with Gasteiger partial charge in [0, 0.05) is 43.7 Å². The third-order valence-electron chi connectivity index (χ3n) is 4.67. The van der Waals surface area contributed by atoms with Gasteiger partial charge in [0.1, 0.15) is 5.82 Å². The molecule has 4 rings (SSSR count). The van der Waals surface area contributed by atoms with Gasteiger partial charge in [-0.3, -0.25) is 9.88 Å². The first-order chi connectivity index (χ1) is 12.7. The molecule has 0 spiro atoms. The molecule has 4 heterocycles. The summed E-state index contributed by atoms with van der Waals surface area (Å²) in [6.07, 6.45) is 1.86. The van der Waals surface area contributed by atoms with Crippen molar-refractivity contribution in [2.45, 2.75) is 19.9 Å². The zero-order valence-corrected chi connectivity index (χ0v) is 15.2. The Hall–Kier alpha value is -2.51. The smallest absolute Gasteiger partial charge is 0.157 e. The molecule has 1 aliphatic heterocycles. The first-order valence-electron chi connectivity index (χ1n) is 9.01. The SMILES string of the molecule is Cc1cc(NC[C@H](c2ccccn2)N2CCOCC2)n2nc(C)cc2n1. The summed E-state index contributed by atoms with van der Waals surface area (Å²) in [5.41, 5.74) is 3.87. The van der Waals surface area contributed by atoms with Crippen LogP contribution in [0.25, 0.3) is 5.65 Å². The van der Waals surface area contributed by atoms with Crippen molar-refractivity contribution in [1.82, 2.24) is 24.5 Å². The summed E-state index contributed by atoms with van der Waals surface area (Å²) in [6, 6.07) is 10.3. The van der Waals surface area contributed by atoms with E-state index in [1.54, 1.807) is 0 Å². The second-order valence-corrected chi connectivity index (χ2v) is 6.64. The predicted molar refractivity (Wildman–Crippen MR) is 100 cm³/mol. The van der Waals surface area contributed by atoms with E-state index in [0.717, 1.165) is 61.4 Å². The van der Waals surface area contributed by atoms with Crippen LogP contribution in [-0.4, -0.2) is 57.3 Å². The summed E-state index contributed by atoms with van der Waals surface area (Å²) in [6.45, 7) is 8.09. The number of anilines is 1. The van der Waals surface area contributed by atoms with Crippen molar-refractivity contribution in [2.24, 2.45) is 0 Å². The van der Waals surface area contributed by atoms with Gasteiger partial charge in [-0.2, -0.15) is 9.61 Å². The second kappa shape index (κ2) is 7.39. The van der Waals surface area contributed by atoms with Crippen LogP contribution in [0.15, 0.2) is 36.5 Å². The number of hydrogen-bond acceptors (Lipinski definition) is 6. The van der Waals surface area contributed by atoms with E-state index in [-0.39, 0.29) is 6.04 Å². The normalized spacial score (nSPS) is 16.7. The fourth-order valence-corrected chi connectivity index (χ4v) is 3.42. The fraction of sp³-hybridized carbons (Fsp3) is 0.421. The number of nitrogens with one attached hydrogen (secondary N) is 1. The molecular formula is C19H24N6O. The first kappa shape index (κ1) is 16.9. The lowest BCUT2D eigenvalue weighted by Crippen LogP contribution is -2.42. The molecule has 1 aliphatic rings. The van der Waals surface area contributed by atoms with Crippen LogP contribution in [0.2, 0.25) is 0 Å². The summed E-state index contributed by atoms with van der Waals surface area (Å²) in [5.74, 6) is 0.954. The average molecular weight is 352 g/mol. The molecule has 7 heteroatoms. The number of pyridine rings is 1. The van der Waals surface area contributed by atoms with Crippen LogP contribution in [0.4, 0.5) is 5.82 Å². The number of hydrogen-bond donors (Lipinski definition) is 1. The number of aromatic nitrogens is 4. The summed E-state index contributed by atoms with van der Waals surface area (Å²) in [7, 11) is 0. The van der Waals surface area contributed by atoms with E-state index in [9.17, 15) is 0 Å². The van der Waals surface area contributed by atoms with Crippen LogP contribution in [0.3, 0.4) is 0 Å². The molecule has 1 fully saturated rings. The average Bonchev–Trinajstić information content (AvgIpc) is 3.03. The largest absolute Gasteiger partial charge is 0.379 e. The van der Waals surface area contributed by atoms with Crippen molar-refractivity contribution in [3.05, 3.63) is 53.6 Å². The van der Waals surface area contributed by atoms with Crippen LogP contribution in [-0.2, 0) is 4.74 Å². The molecule has 3 aromatic heterocycles. The molecule has 0 aliphatic carbocycles. The molecule has 136 valence electrons. The van der Waals surface area contributed by atoms with Crippen molar-refractivity contribution in [3.63, 3.8) is 0 Å². The van der Waals surface area contributed by atoms with Gasteiger partial charge in [-0.25, -0.2) is 4.98 Å². The number of ether oxygens (including phenoxy) is 1. The zero-order chi connectivity index (χ0) is 17.9. The Labute approximate surface area is 153 Å². The van der Waals surface area contributed by atoms with Gasteiger partial charge >= 0.3 is 0 Å². The fourth-order valence-electron chi connectivity index (χ4n) is 3.42. The van der Waals surface area contributed by atoms with Crippen LogP contribution in [0.5, 0.6) is 0 Å². The molecule has 3 aromatic rings. The van der Waals surface area contributed by atoms with Gasteiger partial charge in [-0.05, 0) is 26.0 Å². The first-order valence-corrected chi connectivity index (χ1v) is 9.01. The highest BCUT2D eigenvalue weighted by Gasteiger charge is 2.23. The molecule has 1 N–H and O–H groups in total. The molecule has 0 unspecified atom stereocenters. The lowest BCUT2D eigenvalue weighted by Gasteiger charge is -2.34. The molecule has 1 saturated heterocycles. The second-order valence-electron chi connectivity index (χ2n) is 6.64. The molecule has 0 bridgehead atoms. The molecule has 0 aromatic carbocycles. The quantitative estimate of drug-likeness (QED) is 0.759. The number of rotatable bonds is 5. The third-order valence-corrected chi connectivity index (χ3v) is 4.67. The molecule has 0 amide bonds. The third kappa shape index (κ3) is 3.54. The Morgan fingerprint density at radius 1 is 1.15 bits per heavy atom. The van der Waals surface area contributed by atoms with E-state index in [1.165, 1.54) is 0 Å². The van der Waals surface area contributed by atoms with E-state index in [1.807, 2.05) is 48.8 Å². The Morgan fingerprint density at radius 3 is 2.77 bits per heavy atom. The minimum atomic E-state index is 0.181. The minimum absolute atomic E-state index is 0.181. The Morgan fingerprint density at radius 2 is 2.00 bits per heavy atom. The summed E-state index contributed by atoms with van der Waals surface area (Å²) < 4.78 is 7.39. The standard InChI is InChI=1S/C19H24N6O/c1-14-11-18(25-19(22-14)12-15(2)23-25)21-13-17(16-5-3-4-6-20-16)24-7-9-26-10-8-24/h3-6,11-12,17,21H,7-10,13H2,1-2H3/t17-/m1/s1. The van der Waals surface area contributed by atoms with Gasteiger partial charge in [0.25, 0.3) is 0 Å². The molecule has 1 atom stereocenters. The molecule has 26 heavy (non-hydrogen) atoms. The predicted octanol–water partition coefficient (Wildman–Crippen LogP) is 2.23. The van der Waals surface area contributed by atoms with Gasteiger partial charge in [-0.15, -0.1) is 0 Å². The Kier molecular flexibility index (Phi) is 4.81. The van der Waals surface area contributed by atoms with Crippen LogP contribution in [0.1, 0.15) is 23.1 Å². The van der Waals surface area contributed by atoms with Gasteiger partial charge in [-0.1, -0.05) is 6.07 Å². The van der Waals surface area contributed by atoms with E-state index in [0.29, 0.717) is 0 Å². The highest BCUT2D eigenvalue weighted by molar-refractivity contribution is 5.50. The van der Waals surface area contributed by atoms with Gasteiger partial charge in [0.15, 0.2) is 5.65 Å². The Bertz CT molecular complexity index is 872. The van der Waals surface area contributed by atoms with Gasteiger partial charge < -0.3 is 10.1 Å². The highest BCUT2D eigenvalue weighted by Crippen LogP contribution is 2.22. The van der Waals surface area contributed by atoms with E-state index >= 15 is 0 Å². The summed E-state index contributed by atoms with van der Waals surface area (Å²) >= 11 is 0. The minimum Gasteiger partial charge on any atom is -0.379 e. The van der Waals surface area contributed by atoms with Crippen LogP contribution >= 0.6 is 0 Å². The van der Waals surface area contributed by atoms with Crippen molar-refractivity contribution in [3.8, 4) is 0 Å². The monoisotopic (exact) mass is 352 g/mol. The molecule has 0 radical (unpaired) electrons. The van der Waals surface area contributed by atoms with Crippen molar-refractivity contribution in [1.29, 1.82) is 0 Å². The lowest BCUT2D eigenvalue weighted by molar-refractivity contribution is 0.0179. The lowest BCUT2D eigenvalue weighted by atomic mass is 10.1. The zero-order valence-electron chi connectivity index (χ0n) is 15.2. The summed E-state index contributed by atoms with van der Waals surface area (Å²) in [5, 5.41) is 8.14. The maximum Gasteiger partial charge on any atom is 0.157 e. The molecule has 0 saturated carbocycles. The number of nitrogens with zero attached hydrogens (tertiary/aromatic N) is 5. The van der Waals surface area contributed by atoms with E-state index in [2.05, 4.69) is 31.3 Å². The molecular weight excluding hydrogens is 328 g/mol. The van der Waals surface area contributed by atoms with Crippen LogP contribution < -0.4 is 5.32 Å². The van der Waals surface area contributed by atoms with E-state index < -0.39 is 0 Å². The summed E-state index contributed by atoms with van der Waals surface area (Å²) in [4.78, 5) is 11.6. The Balaban J connectivity index is 1.60. The van der Waals surface area contributed by atoms with Gasteiger partial charge in [0.05, 0.1) is 30.6 Å². The van der Waals surface area contributed by atoms with Crippen molar-refractivity contribution >= 4 is 11.5 Å². The van der Waals surface area contributed by atoms with Crippen LogP contribution in [0, 0.1) is 13.8 Å². The van der Waals surface area contributed by atoms with Crippen molar-refractivity contribution in [2.75, 3.05) is 38.2 Å². The van der Waals surface area contributed by atoms with Gasteiger partial charge in [0.2, 0.25) is 0 Å². The number of aryl methyl sites for hydroxylation is 2. The van der Waals surface area contributed by atoms with E-state index in [4.69, 9.17) is 4.74 Å².